The molecule has 0 unspecified atom stereocenters. The number of methoxy groups -OCH3 is 2. The van der Waals surface area contributed by atoms with Crippen molar-refractivity contribution in [2.45, 2.75) is 29.8 Å². The Kier molecular flexibility index (Phi) is 9.35. The molecule has 4 aromatic carbocycles. The number of fused-ring (bicyclic) bond motifs is 1. The van der Waals surface area contributed by atoms with Crippen LogP contribution in [0.4, 0.5) is 5.69 Å². The molecule has 234 valence electrons. The minimum atomic E-state index is -4.26. The number of carbonyl (C=O) groups is 1. The van der Waals surface area contributed by atoms with Crippen LogP contribution in [0.15, 0.2) is 95.9 Å². The molecule has 0 spiro atoms. The smallest absolute Gasteiger partial charge is 0.312 e. The zero-order valence-corrected chi connectivity index (χ0v) is 25.6. The van der Waals surface area contributed by atoms with Crippen LogP contribution >= 0.6 is 0 Å². The van der Waals surface area contributed by atoms with Crippen LogP contribution in [-0.2, 0) is 33.3 Å². The van der Waals surface area contributed by atoms with Gasteiger partial charge in [0.25, 0.3) is 0 Å². The van der Waals surface area contributed by atoms with E-state index < -0.39 is 26.0 Å². The number of nitrogens with zero attached hydrogens (tertiary/aromatic N) is 2. The topological polar surface area (TPSA) is 135 Å². The van der Waals surface area contributed by atoms with Crippen LogP contribution in [0.2, 0.25) is 0 Å². The summed E-state index contributed by atoms with van der Waals surface area (Å²) in [6.07, 6.45) is 1.09. The standard InChI is InChI=1S/C33H32N2O9S/c1-41-26-11-7-24(8-12-26)20-34(21-25-9-13-27(42-2)14-10-25)45(39,40)28-15-16-32(30(19-28)35(37)38)44-23-33(22-36)17-18-43-31-6-4-3-5-29(31)33/h3-16,19,22H,17-18,20-21,23H2,1-2H3/t33-/m0/s1. The van der Waals surface area contributed by atoms with Gasteiger partial charge in [0.15, 0.2) is 5.75 Å². The largest absolute Gasteiger partial charge is 0.497 e. The van der Waals surface area contributed by atoms with Gasteiger partial charge in [0, 0.05) is 31.1 Å². The van der Waals surface area contributed by atoms with Gasteiger partial charge >= 0.3 is 5.69 Å². The number of benzene rings is 4. The minimum absolute atomic E-state index is 0.00621. The van der Waals surface area contributed by atoms with Crippen LogP contribution in [0.25, 0.3) is 0 Å². The molecule has 1 aliphatic heterocycles. The molecule has 0 aromatic heterocycles. The van der Waals surface area contributed by atoms with Crippen molar-refractivity contribution >= 4 is 22.0 Å². The molecule has 0 amide bonds. The van der Waals surface area contributed by atoms with Gasteiger partial charge < -0.3 is 23.7 Å². The highest BCUT2D eigenvalue weighted by Crippen LogP contribution is 2.39. The Morgan fingerprint density at radius 3 is 2.07 bits per heavy atom. The van der Waals surface area contributed by atoms with Crippen LogP contribution in [-0.4, -0.2) is 51.4 Å². The van der Waals surface area contributed by atoms with Crippen molar-refractivity contribution in [3.63, 3.8) is 0 Å². The Morgan fingerprint density at radius 2 is 1.51 bits per heavy atom. The fourth-order valence-electron chi connectivity index (χ4n) is 5.16. The van der Waals surface area contributed by atoms with Crippen molar-refractivity contribution in [3.8, 4) is 23.0 Å². The van der Waals surface area contributed by atoms with E-state index in [1.807, 2.05) is 0 Å². The van der Waals surface area contributed by atoms with Gasteiger partial charge in [-0.2, -0.15) is 4.31 Å². The number of carbonyl (C=O) groups excluding carboxylic acids is 1. The number of nitro groups is 1. The van der Waals surface area contributed by atoms with E-state index in [1.54, 1.807) is 72.8 Å². The molecular weight excluding hydrogens is 600 g/mol. The predicted molar refractivity (Wildman–Crippen MR) is 165 cm³/mol. The maximum atomic E-state index is 14.1. The molecule has 0 N–H and O–H groups in total. The summed E-state index contributed by atoms with van der Waals surface area (Å²) in [6, 6.07) is 24.5. The first-order chi connectivity index (χ1) is 21.7. The van der Waals surface area contributed by atoms with Crippen LogP contribution in [0, 0.1) is 10.1 Å². The summed E-state index contributed by atoms with van der Waals surface area (Å²) in [5.41, 5.74) is 0.393. The Hall–Kier alpha value is -4.94. The van der Waals surface area contributed by atoms with Gasteiger partial charge in [-0.15, -0.1) is 0 Å². The zero-order chi connectivity index (χ0) is 32.0. The summed E-state index contributed by atoms with van der Waals surface area (Å²) in [6.45, 7) is 0.0724. The molecule has 0 saturated carbocycles. The summed E-state index contributed by atoms with van der Waals surface area (Å²) in [5, 5.41) is 12.2. The normalized spacial score (nSPS) is 15.9. The van der Waals surface area contributed by atoms with Crippen molar-refractivity contribution in [1.82, 2.24) is 4.31 Å². The van der Waals surface area contributed by atoms with E-state index in [-0.39, 0.29) is 36.9 Å². The summed E-state index contributed by atoms with van der Waals surface area (Å²) in [5.74, 6) is 1.63. The van der Waals surface area contributed by atoms with Crippen molar-refractivity contribution in [2.75, 3.05) is 27.4 Å². The van der Waals surface area contributed by atoms with Crippen molar-refractivity contribution < 1.29 is 37.1 Å². The summed E-state index contributed by atoms with van der Waals surface area (Å²) in [7, 11) is -1.18. The maximum absolute atomic E-state index is 14.1. The Balaban J connectivity index is 1.46. The first-order valence-electron chi connectivity index (χ1n) is 14.0. The lowest BCUT2D eigenvalue weighted by molar-refractivity contribution is -0.386. The maximum Gasteiger partial charge on any atom is 0.312 e. The lowest BCUT2D eigenvalue weighted by atomic mass is 9.78. The van der Waals surface area contributed by atoms with Gasteiger partial charge in [0.2, 0.25) is 10.0 Å². The van der Waals surface area contributed by atoms with Gasteiger partial charge in [0.1, 0.15) is 30.1 Å². The fraction of sp³-hybridized carbons (Fsp3) is 0.242. The average Bonchev–Trinajstić information content (AvgIpc) is 3.07. The second kappa shape index (κ2) is 13.4. The molecule has 0 fully saturated rings. The van der Waals surface area contributed by atoms with E-state index in [0.717, 1.165) is 12.4 Å². The molecule has 1 atom stereocenters. The lowest BCUT2D eigenvalue weighted by Crippen LogP contribution is -2.40. The molecule has 0 aliphatic carbocycles. The van der Waals surface area contributed by atoms with E-state index in [2.05, 4.69) is 0 Å². The highest BCUT2D eigenvalue weighted by atomic mass is 32.2. The van der Waals surface area contributed by atoms with Crippen molar-refractivity contribution in [1.29, 1.82) is 0 Å². The summed E-state index contributed by atoms with van der Waals surface area (Å²) < 4.78 is 51.4. The van der Waals surface area contributed by atoms with E-state index in [4.69, 9.17) is 18.9 Å². The molecule has 1 heterocycles. The molecule has 12 heteroatoms. The predicted octanol–water partition coefficient (Wildman–Crippen LogP) is 5.30. The van der Waals surface area contributed by atoms with Crippen LogP contribution in [0.1, 0.15) is 23.1 Å². The molecule has 5 rings (SSSR count). The summed E-state index contributed by atoms with van der Waals surface area (Å²) >= 11 is 0. The van der Waals surface area contributed by atoms with E-state index in [0.29, 0.717) is 40.4 Å². The second-order valence-corrected chi connectivity index (χ2v) is 12.5. The van der Waals surface area contributed by atoms with Gasteiger partial charge in [-0.3, -0.25) is 10.1 Å². The zero-order valence-electron chi connectivity index (χ0n) is 24.8. The van der Waals surface area contributed by atoms with Crippen LogP contribution in [0.5, 0.6) is 23.0 Å². The first kappa shape index (κ1) is 31.5. The molecule has 45 heavy (non-hydrogen) atoms. The highest BCUT2D eigenvalue weighted by Gasteiger charge is 2.39. The SMILES string of the molecule is COc1ccc(CN(Cc2ccc(OC)cc2)S(=O)(=O)c2ccc(OC[C@@]3(C=O)CCOc4ccccc43)c([N+](=O)[O-])c2)cc1. The van der Waals surface area contributed by atoms with E-state index in [1.165, 1.54) is 30.7 Å². The Labute approximate surface area is 261 Å². The van der Waals surface area contributed by atoms with Gasteiger partial charge in [-0.05, 0) is 53.6 Å². The van der Waals surface area contributed by atoms with Crippen LogP contribution in [0.3, 0.4) is 0 Å². The van der Waals surface area contributed by atoms with E-state index in [9.17, 15) is 23.3 Å². The number of hydrogen-bond donors (Lipinski definition) is 0. The lowest BCUT2D eigenvalue weighted by Gasteiger charge is -2.34. The number of nitro benzene ring substituents is 1. The number of sulfonamides is 1. The molecule has 0 bridgehead atoms. The molecule has 4 aromatic rings. The molecule has 11 nitrogen and oxygen atoms in total. The number of hydrogen-bond acceptors (Lipinski definition) is 9. The quantitative estimate of drug-likeness (QED) is 0.109. The number of ether oxygens (including phenoxy) is 4. The Bertz CT molecular complexity index is 1730. The number of aldehydes is 1. The monoisotopic (exact) mass is 632 g/mol. The first-order valence-corrected chi connectivity index (χ1v) is 15.5. The average molecular weight is 633 g/mol. The van der Waals surface area contributed by atoms with Gasteiger partial charge in [-0.1, -0.05) is 42.5 Å². The number of rotatable bonds is 13. The molecule has 1 aliphatic rings. The highest BCUT2D eigenvalue weighted by molar-refractivity contribution is 7.89. The van der Waals surface area contributed by atoms with Crippen molar-refractivity contribution in [2.24, 2.45) is 0 Å². The molecule has 0 radical (unpaired) electrons. The summed E-state index contributed by atoms with van der Waals surface area (Å²) in [4.78, 5) is 23.6. The van der Waals surface area contributed by atoms with E-state index >= 15 is 0 Å². The minimum Gasteiger partial charge on any atom is -0.497 e. The van der Waals surface area contributed by atoms with Gasteiger partial charge in [0.05, 0.1) is 36.1 Å². The van der Waals surface area contributed by atoms with Gasteiger partial charge in [-0.25, -0.2) is 8.42 Å². The fourth-order valence-corrected chi connectivity index (χ4v) is 6.60. The third kappa shape index (κ3) is 6.76. The third-order valence-electron chi connectivity index (χ3n) is 7.74. The van der Waals surface area contributed by atoms with Crippen molar-refractivity contribution in [3.05, 3.63) is 118 Å². The molecular formula is C33H32N2O9S. The van der Waals surface area contributed by atoms with Crippen LogP contribution < -0.4 is 18.9 Å². The second-order valence-electron chi connectivity index (χ2n) is 10.5. The third-order valence-corrected chi connectivity index (χ3v) is 9.53. The molecule has 0 saturated heterocycles. The number of para-hydroxylation sites is 1. The Morgan fingerprint density at radius 1 is 0.911 bits per heavy atom.